The molecule has 0 radical (unpaired) electrons. The van der Waals surface area contributed by atoms with Crippen molar-refractivity contribution in [1.29, 1.82) is 0 Å². The van der Waals surface area contributed by atoms with Crippen molar-refractivity contribution in [3.8, 4) is 0 Å². The molecule has 8 atom stereocenters. The van der Waals surface area contributed by atoms with Gasteiger partial charge in [0.15, 0.2) is 18.0 Å². The smallest absolute Gasteiger partial charge is 0.306 e. The zero-order valence-corrected chi connectivity index (χ0v) is 21.5. The second kappa shape index (κ2) is 8.99. The maximum absolute atomic E-state index is 13.6. The number of esters is 2. The standard InChI is InChI=1S/C28H38O7/c1-6-7-24(33)35-28(23(32)15-34-17(3)29)11-9-20-19-12-16(2)21-13-18(30)8-10-26(21,4)25(19)22(31)14-27(20,28)5/h8,10,13,16,19-20,22,25,31H,6-7,9,11-12,14-15H2,1-5H3/t16-,19-,20-,22-,25+,26-,27-,28-/m0/s1. The number of ether oxygens (including phenoxy) is 2. The summed E-state index contributed by atoms with van der Waals surface area (Å²) in [5, 5.41) is 11.7. The molecule has 0 aromatic heterocycles. The van der Waals surface area contributed by atoms with E-state index >= 15 is 0 Å². The molecule has 0 bridgehead atoms. The van der Waals surface area contributed by atoms with Crippen molar-refractivity contribution in [2.24, 2.45) is 34.5 Å². The van der Waals surface area contributed by atoms with Crippen LogP contribution in [0.15, 0.2) is 23.8 Å². The Morgan fingerprint density at radius 1 is 1.23 bits per heavy atom. The number of Topliss-reactive ketones (excluding diaryl/α,β-unsaturated/α-hetero) is 1. The van der Waals surface area contributed by atoms with E-state index in [2.05, 4.69) is 13.8 Å². The first-order valence-electron chi connectivity index (χ1n) is 12.9. The van der Waals surface area contributed by atoms with Gasteiger partial charge in [0.05, 0.1) is 6.10 Å². The van der Waals surface area contributed by atoms with Crippen LogP contribution in [0.3, 0.4) is 0 Å². The summed E-state index contributed by atoms with van der Waals surface area (Å²) in [4.78, 5) is 50.0. The van der Waals surface area contributed by atoms with Crippen LogP contribution in [0.2, 0.25) is 0 Å². The van der Waals surface area contributed by atoms with Gasteiger partial charge in [0.2, 0.25) is 5.78 Å². The highest BCUT2D eigenvalue weighted by Crippen LogP contribution is 2.68. The third-order valence-electron chi connectivity index (χ3n) is 9.54. The van der Waals surface area contributed by atoms with Crippen LogP contribution in [-0.4, -0.2) is 46.9 Å². The van der Waals surface area contributed by atoms with Gasteiger partial charge in [0.25, 0.3) is 0 Å². The molecule has 4 rings (SSSR count). The minimum absolute atomic E-state index is 0.0169. The van der Waals surface area contributed by atoms with Gasteiger partial charge in [-0.3, -0.25) is 19.2 Å². The Morgan fingerprint density at radius 2 is 1.94 bits per heavy atom. The van der Waals surface area contributed by atoms with Gasteiger partial charge >= 0.3 is 11.9 Å². The molecule has 0 aliphatic heterocycles. The highest BCUT2D eigenvalue weighted by Gasteiger charge is 2.70. The van der Waals surface area contributed by atoms with Crippen LogP contribution in [0.25, 0.3) is 0 Å². The van der Waals surface area contributed by atoms with Crippen molar-refractivity contribution in [1.82, 2.24) is 0 Å². The Bertz CT molecular complexity index is 995. The molecule has 7 heteroatoms. The van der Waals surface area contributed by atoms with Crippen molar-refractivity contribution >= 4 is 23.5 Å². The number of aliphatic hydroxyl groups is 1. The van der Waals surface area contributed by atoms with Crippen molar-refractivity contribution in [3.05, 3.63) is 23.8 Å². The zero-order chi connectivity index (χ0) is 25.8. The summed E-state index contributed by atoms with van der Waals surface area (Å²) in [6, 6.07) is 0. The SMILES string of the molecule is CCCC(=O)O[C@]1(C(=O)COC(C)=O)CC[C@H]2[C@@H]3C[C@H](C)C4=CC(=O)C=C[C@]4(C)[C@H]3[C@@H](O)C[C@@]21C. The van der Waals surface area contributed by atoms with E-state index in [-0.39, 0.29) is 35.9 Å². The lowest BCUT2D eigenvalue weighted by molar-refractivity contribution is -0.202. The molecule has 0 aromatic carbocycles. The highest BCUT2D eigenvalue weighted by atomic mass is 16.6. The number of carbonyl (C=O) groups is 4. The van der Waals surface area contributed by atoms with Crippen LogP contribution in [-0.2, 0) is 28.7 Å². The fourth-order valence-corrected chi connectivity index (χ4v) is 8.15. The van der Waals surface area contributed by atoms with Crippen LogP contribution in [0.5, 0.6) is 0 Å². The number of allylic oxidation sites excluding steroid dienone is 4. The summed E-state index contributed by atoms with van der Waals surface area (Å²) in [5.41, 5.74) is -1.61. The fraction of sp³-hybridized carbons (Fsp3) is 0.714. The molecule has 0 unspecified atom stereocenters. The molecular weight excluding hydrogens is 448 g/mol. The van der Waals surface area contributed by atoms with Crippen molar-refractivity contribution < 1.29 is 33.8 Å². The van der Waals surface area contributed by atoms with Crippen LogP contribution >= 0.6 is 0 Å². The number of rotatable bonds is 6. The zero-order valence-electron chi connectivity index (χ0n) is 21.5. The quantitative estimate of drug-likeness (QED) is 0.570. The van der Waals surface area contributed by atoms with Crippen molar-refractivity contribution in [3.63, 3.8) is 0 Å². The molecule has 3 fully saturated rings. The summed E-state index contributed by atoms with van der Waals surface area (Å²) in [6.45, 7) is 8.87. The van der Waals surface area contributed by atoms with Crippen molar-refractivity contribution in [2.75, 3.05) is 6.61 Å². The first-order valence-corrected chi connectivity index (χ1v) is 12.9. The minimum Gasteiger partial charge on any atom is -0.458 e. The average Bonchev–Trinajstić information content (AvgIpc) is 3.05. The molecule has 7 nitrogen and oxygen atoms in total. The predicted molar refractivity (Wildman–Crippen MR) is 128 cm³/mol. The summed E-state index contributed by atoms with van der Waals surface area (Å²) in [7, 11) is 0. The van der Waals surface area contributed by atoms with Gasteiger partial charge in [0, 0.05) is 30.1 Å². The van der Waals surface area contributed by atoms with Gasteiger partial charge in [-0.15, -0.1) is 0 Å². The number of aliphatic hydroxyl groups excluding tert-OH is 1. The highest BCUT2D eigenvalue weighted by molar-refractivity contribution is 6.01. The van der Waals surface area contributed by atoms with Gasteiger partial charge < -0.3 is 14.6 Å². The third-order valence-corrected chi connectivity index (χ3v) is 9.54. The van der Waals surface area contributed by atoms with Crippen LogP contribution in [0.4, 0.5) is 0 Å². The maximum atomic E-state index is 13.6. The molecule has 0 amide bonds. The lowest BCUT2D eigenvalue weighted by Gasteiger charge is -2.61. The predicted octanol–water partition coefficient (Wildman–Crippen LogP) is 3.73. The maximum Gasteiger partial charge on any atom is 0.306 e. The Labute approximate surface area is 207 Å². The molecule has 3 saturated carbocycles. The number of hydrogen-bond donors (Lipinski definition) is 1. The van der Waals surface area contributed by atoms with Crippen LogP contribution < -0.4 is 0 Å². The van der Waals surface area contributed by atoms with E-state index in [4.69, 9.17) is 9.47 Å². The van der Waals surface area contributed by atoms with E-state index in [0.717, 1.165) is 12.0 Å². The third kappa shape index (κ3) is 3.90. The van der Waals surface area contributed by atoms with E-state index in [1.54, 1.807) is 12.2 Å². The lowest BCUT2D eigenvalue weighted by atomic mass is 9.44. The van der Waals surface area contributed by atoms with Gasteiger partial charge in [-0.1, -0.05) is 39.3 Å². The van der Waals surface area contributed by atoms with E-state index in [1.165, 1.54) is 6.92 Å². The molecule has 1 N–H and O–H groups in total. The summed E-state index contributed by atoms with van der Waals surface area (Å²) < 4.78 is 11.1. The summed E-state index contributed by atoms with van der Waals surface area (Å²) >= 11 is 0. The first-order chi connectivity index (χ1) is 16.4. The number of carbonyl (C=O) groups excluding carboxylic acids is 4. The van der Waals surface area contributed by atoms with Gasteiger partial charge in [-0.05, 0) is 62.0 Å². The lowest BCUT2D eigenvalue weighted by Crippen LogP contribution is -2.63. The largest absolute Gasteiger partial charge is 0.458 e. The molecule has 4 aliphatic rings. The Kier molecular flexibility index (Phi) is 6.62. The normalized spacial score (nSPS) is 41.8. The van der Waals surface area contributed by atoms with Crippen LogP contribution in [0.1, 0.15) is 73.1 Å². The van der Waals surface area contributed by atoms with E-state index < -0.39 is 46.9 Å². The van der Waals surface area contributed by atoms with E-state index in [1.807, 2.05) is 19.9 Å². The first kappa shape index (κ1) is 25.8. The van der Waals surface area contributed by atoms with Gasteiger partial charge in [-0.2, -0.15) is 0 Å². The number of fused-ring (bicyclic) bond motifs is 5. The van der Waals surface area contributed by atoms with Crippen LogP contribution in [0, 0.1) is 34.5 Å². The summed E-state index contributed by atoms with van der Waals surface area (Å²) in [6.07, 6.45) is 7.45. The second-order valence-electron chi connectivity index (χ2n) is 11.5. The van der Waals surface area contributed by atoms with Gasteiger partial charge in [-0.25, -0.2) is 0 Å². The molecule has 0 heterocycles. The Balaban J connectivity index is 1.75. The molecule has 35 heavy (non-hydrogen) atoms. The topological polar surface area (TPSA) is 107 Å². The van der Waals surface area contributed by atoms with Crippen molar-refractivity contribution in [2.45, 2.75) is 84.8 Å². The van der Waals surface area contributed by atoms with E-state index in [9.17, 15) is 24.3 Å². The van der Waals surface area contributed by atoms with E-state index in [0.29, 0.717) is 25.7 Å². The monoisotopic (exact) mass is 486 g/mol. The molecular formula is C28H38O7. The molecule has 0 aromatic rings. The molecule has 4 aliphatic carbocycles. The van der Waals surface area contributed by atoms with Gasteiger partial charge in [0.1, 0.15) is 0 Å². The average molecular weight is 487 g/mol. The number of ketones is 2. The Hall–Kier alpha value is -2.28. The molecule has 192 valence electrons. The fourth-order valence-electron chi connectivity index (χ4n) is 8.15. The minimum atomic E-state index is -1.44. The Morgan fingerprint density at radius 3 is 2.60 bits per heavy atom. The number of hydrogen-bond acceptors (Lipinski definition) is 7. The molecule has 0 spiro atoms. The second-order valence-corrected chi connectivity index (χ2v) is 11.5. The molecule has 0 saturated heterocycles. The summed E-state index contributed by atoms with van der Waals surface area (Å²) in [5.74, 6) is -1.25.